The zero-order chi connectivity index (χ0) is 23.7. The molecule has 0 aliphatic carbocycles. The van der Waals surface area contributed by atoms with Gasteiger partial charge in [0.1, 0.15) is 10.5 Å². The molecule has 162 valence electrons. The van der Waals surface area contributed by atoms with Gasteiger partial charge in [-0.3, -0.25) is 9.36 Å². The van der Waals surface area contributed by atoms with Crippen molar-refractivity contribution in [3.05, 3.63) is 108 Å². The maximum Gasteiger partial charge on any atom is 0.273 e. The van der Waals surface area contributed by atoms with Crippen LogP contribution < -0.4 is 20.5 Å². The molecule has 0 fully saturated rings. The van der Waals surface area contributed by atoms with Crippen LogP contribution in [-0.4, -0.2) is 4.57 Å². The first kappa shape index (κ1) is 24.4. The third-order valence-corrected chi connectivity index (χ3v) is 5.70. The van der Waals surface area contributed by atoms with Gasteiger partial charge in [-0.1, -0.05) is 88.4 Å². The van der Waals surface area contributed by atoms with Gasteiger partial charge in [0.25, 0.3) is 5.56 Å². The van der Waals surface area contributed by atoms with Gasteiger partial charge in [-0.25, -0.2) is 4.85 Å². The van der Waals surface area contributed by atoms with Crippen LogP contribution in [0.2, 0.25) is 0 Å². The smallest absolute Gasteiger partial charge is 0.273 e. The number of thiazole rings is 1. The fraction of sp³-hybridized carbons (Fsp3) is 0.192. The molecule has 2 heterocycles. The van der Waals surface area contributed by atoms with E-state index in [1.165, 1.54) is 15.9 Å². The zero-order valence-corrected chi connectivity index (χ0v) is 19.5. The molecule has 0 radical (unpaired) electrons. The van der Waals surface area contributed by atoms with E-state index in [1.807, 2.05) is 88.4 Å². The summed E-state index contributed by atoms with van der Waals surface area (Å²) in [5.41, 5.74) is 8.17. The number of rotatable bonds is 2. The minimum atomic E-state index is -0.577. The lowest BCUT2D eigenvalue weighted by atomic mass is 9.88. The number of fused-ring (bicyclic) bond motifs is 1. The average Bonchev–Trinajstić information content (AvgIpc) is 3.18. The summed E-state index contributed by atoms with van der Waals surface area (Å²) in [7, 11) is 0. The van der Waals surface area contributed by atoms with Crippen molar-refractivity contribution < 1.29 is 0 Å². The van der Waals surface area contributed by atoms with Gasteiger partial charge < -0.3 is 5.73 Å². The van der Waals surface area contributed by atoms with Gasteiger partial charge in [-0.15, -0.1) is 11.3 Å². The molecule has 0 amide bonds. The largest absolute Gasteiger partial charge is 0.394 e. The summed E-state index contributed by atoms with van der Waals surface area (Å²) < 4.78 is 2.24. The molecule has 0 saturated heterocycles. The first-order valence-electron chi connectivity index (χ1n) is 10.5. The van der Waals surface area contributed by atoms with Crippen LogP contribution >= 0.6 is 11.3 Å². The molecule has 1 aliphatic rings. The number of benzene rings is 2. The standard InChI is InChI=1S/C22H14N4OS.2C2H6/c1-25-19-18(15-10-6-3-7-11-15)16(13-23)22-26(20(19)24)21(27)17(28-22)12-14-8-4-2-5-9-14;2*1-2/h2-12,18H,24H2;2*1-2H3/b17-12-;;. The highest BCUT2D eigenvalue weighted by molar-refractivity contribution is 7.07. The fourth-order valence-corrected chi connectivity index (χ4v) is 4.44. The van der Waals surface area contributed by atoms with Crippen molar-refractivity contribution in [1.29, 1.82) is 5.26 Å². The lowest BCUT2D eigenvalue weighted by Gasteiger charge is -2.22. The molecule has 32 heavy (non-hydrogen) atoms. The van der Waals surface area contributed by atoms with E-state index in [4.69, 9.17) is 12.3 Å². The molecular weight excluding hydrogens is 416 g/mol. The topological polar surface area (TPSA) is 76.2 Å². The van der Waals surface area contributed by atoms with E-state index in [2.05, 4.69) is 10.9 Å². The van der Waals surface area contributed by atoms with Crippen LogP contribution in [0.4, 0.5) is 0 Å². The Morgan fingerprint density at radius 1 is 1.06 bits per heavy atom. The number of aromatic nitrogens is 1. The second-order valence-corrected chi connectivity index (χ2v) is 7.25. The van der Waals surface area contributed by atoms with Gasteiger partial charge in [0, 0.05) is 0 Å². The minimum absolute atomic E-state index is 0.0896. The molecule has 6 heteroatoms. The van der Waals surface area contributed by atoms with Crippen molar-refractivity contribution in [2.75, 3.05) is 0 Å². The molecule has 0 bridgehead atoms. The summed E-state index contributed by atoms with van der Waals surface area (Å²) in [6, 6.07) is 21.0. The summed E-state index contributed by atoms with van der Waals surface area (Å²) in [6.07, 6.45) is 1.77. The van der Waals surface area contributed by atoms with E-state index in [0.717, 1.165) is 11.1 Å². The third-order valence-electron chi connectivity index (χ3n) is 4.59. The monoisotopic (exact) mass is 442 g/mol. The molecule has 1 aromatic heterocycles. The molecule has 4 rings (SSSR count). The van der Waals surface area contributed by atoms with E-state index in [0.29, 0.717) is 14.8 Å². The molecule has 1 atom stereocenters. The molecule has 0 spiro atoms. The summed E-state index contributed by atoms with van der Waals surface area (Å²) in [4.78, 5) is 16.6. The molecule has 3 aromatic rings. The van der Waals surface area contributed by atoms with Crippen molar-refractivity contribution in [1.82, 2.24) is 4.57 Å². The van der Waals surface area contributed by atoms with Gasteiger partial charge in [0.05, 0.1) is 28.7 Å². The van der Waals surface area contributed by atoms with Gasteiger partial charge in [-0.2, -0.15) is 5.26 Å². The number of allylic oxidation sites excluding steroid dienone is 1. The van der Waals surface area contributed by atoms with E-state index in [-0.39, 0.29) is 17.1 Å². The van der Waals surface area contributed by atoms with Gasteiger partial charge in [0.15, 0.2) is 0 Å². The Balaban J connectivity index is 0.000000860. The Bertz CT molecular complexity index is 1350. The van der Waals surface area contributed by atoms with E-state index < -0.39 is 5.92 Å². The molecule has 0 saturated carbocycles. The number of nitriles is 1. The highest BCUT2D eigenvalue weighted by Crippen LogP contribution is 2.36. The van der Waals surface area contributed by atoms with Crippen molar-refractivity contribution in [3.8, 4) is 6.07 Å². The van der Waals surface area contributed by atoms with Crippen molar-refractivity contribution >= 4 is 28.8 Å². The Kier molecular flexibility index (Phi) is 8.77. The molecular formula is C26H26N4OS. The molecule has 1 aliphatic heterocycles. The van der Waals surface area contributed by atoms with Gasteiger partial charge in [-0.05, 0) is 17.2 Å². The summed E-state index contributed by atoms with van der Waals surface area (Å²) in [5, 5.41) is 9.89. The van der Waals surface area contributed by atoms with Crippen molar-refractivity contribution in [2.45, 2.75) is 33.6 Å². The van der Waals surface area contributed by atoms with E-state index >= 15 is 0 Å². The molecule has 2 aromatic carbocycles. The molecule has 5 nitrogen and oxygen atoms in total. The second kappa shape index (κ2) is 11.5. The number of hydrogen-bond acceptors (Lipinski definition) is 4. The Labute approximate surface area is 192 Å². The van der Waals surface area contributed by atoms with Crippen LogP contribution in [0.5, 0.6) is 0 Å². The van der Waals surface area contributed by atoms with Gasteiger partial charge in [0.2, 0.25) is 5.70 Å². The summed E-state index contributed by atoms with van der Waals surface area (Å²) >= 11 is 1.22. The number of nitrogens with two attached hydrogens (primary N) is 1. The first-order chi connectivity index (χ1) is 15.7. The highest BCUT2D eigenvalue weighted by Gasteiger charge is 2.32. The average molecular weight is 443 g/mol. The van der Waals surface area contributed by atoms with Gasteiger partial charge >= 0.3 is 0 Å². The minimum Gasteiger partial charge on any atom is -0.394 e. The Morgan fingerprint density at radius 3 is 2.16 bits per heavy atom. The number of nitrogens with zero attached hydrogens (tertiary/aromatic N) is 3. The predicted octanol–water partition coefficient (Wildman–Crippen LogP) is 4.27. The van der Waals surface area contributed by atoms with Crippen LogP contribution in [0.15, 0.2) is 71.2 Å². The molecule has 2 N–H and O–H groups in total. The third kappa shape index (κ3) is 4.56. The Hall–Kier alpha value is -3.87. The van der Waals surface area contributed by atoms with Crippen LogP contribution in [-0.2, 0) is 0 Å². The Morgan fingerprint density at radius 2 is 1.62 bits per heavy atom. The van der Waals surface area contributed by atoms with Crippen LogP contribution in [0.25, 0.3) is 22.3 Å². The predicted molar refractivity (Wildman–Crippen MR) is 133 cm³/mol. The van der Waals surface area contributed by atoms with Crippen molar-refractivity contribution in [3.63, 3.8) is 0 Å². The quantitative estimate of drug-likeness (QED) is 0.602. The lowest BCUT2D eigenvalue weighted by Crippen LogP contribution is -2.38. The van der Waals surface area contributed by atoms with Crippen LogP contribution in [0.1, 0.15) is 44.7 Å². The fourth-order valence-electron chi connectivity index (χ4n) is 3.31. The summed E-state index contributed by atoms with van der Waals surface area (Å²) in [6.45, 7) is 15.6. The molecule has 1 unspecified atom stereocenters. The highest BCUT2D eigenvalue weighted by atomic mass is 32.1. The summed E-state index contributed by atoms with van der Waals surface area (Å²) in [5.74, 6) is -0.488. The first-order valence-corrected chi connectivity index (χ1v) is 11.3. The second-order valence-electron chi connectivity index (χ2n) is 6.22. The van der Waals surface area contributed by atoms with Crippen LogP contribution in [0.3, 0.4) is 0 Å². The van der Waals surface area contributed by atoms with Crippen molar-refractivity contribution in [2.24, 2.45) is 5.73 Å². The lowest BCUT2D eigenvalue weighted by molar-refractivity contribution is 0.903. The zero-order valence-electron chi connectivity index (χ0n) is 18.7. The van der Waals surface area contributed by atoms with Crippen LogP contribution in [0, 0.1) is 17.9 Å². The van der Waals surface area contributed by atoms with E-state index in [9.17, 15) is 10.1 Å². The maximum atomic E-state index is 13.0. The van der Waals surface area contributed by atoms with E-state index in [1.54, 1.807) is 6.08 Å². The SMILES string of the molecule is CC.CC.[C-]#[N+]C1=C(N)n2c(s/c(=C\c3ccccc3)c2=O)=C(C#N)C1c1ccccc1. The number of hydrogen-bond donors (Lipinski definition) is 1. The normalized spacial score (nSPS) is 14.8. The maximum absolute atomic E-state index is 13.0.